The van der Waals surface area contributed by atoms with Crippen molar-refractivity contribution in [2.75, 3.05) is 0 Å². The molecule has 110 valence electrons. The molecule has 20 heavy (non-hydrogen) atoms. The summed E-state index contributed by atoms with van der Waals surface area (Å²) in [5.41, 5.74) is -0.663. The average Bonchev–Trinajstić information content (AvgIpc) is 2.28. The zero-order valence-electron chi connectivity index (χ0n) is 10.5. The van der Waals surface area contributed by atoms with Gasteiger partial charge in [0.1, 0.15) is 0 Å². The van der Waals surface area contributed by atoms with Crippen LogP contribution in [-0.2, 0) is 9.05 Å². The van der Waals surface area contributed by atoms with Crippen LogP contribution in [0, 0.1) is 17.6 Å². The molecule has 1 fully saturated rings. The molecule has 0 atom stereocenters. The molecule has 1 aromatic rings. The quantitative estimate of drug-likeness (QED) is 0.869. The molecule has 0 saturated heterocycles. The third-order valence-corrected chi connectivity index (χ3v) is 4.57. The first-order valence-corrected chi connectivity index (χ1v) is 8.24. The van der Waals surface area contributed by atoms with Crippen molar-refractivity contribution in [1.82, 2.24) is 5.32 Å². The maximum Gasteiger partial charge on any atom is 0.261 e. The second kappa shape index (κ2) is 5.29. The molecule has 2 rings (SSSR count). The Kier molecular flexibility index (Phi) is 4.02. The Bertz CT molecular complexity index is 657. The molecule has 0 radical (unpaired) electrons. The SMILES string of the molecule is CC1CC(NC(=O)c2cc(S(=O)(=O)Cl)cc(F)c2F)C1. The summed E-state index contributed by atoms with van der Waals surface area (Å²) >= 11 is 0. The van der Waals surface area contributed by atoms with Crippen molar-refractivity contribution in [3.8, 4) is 0 Å². The highest BCUT2D eigenvalue weighted by atomic mass is 35.7. The first-order chi connectivity index (χ1) is 9.18. The molecule has 1 N–H and O–H groups in total. The van der Waals surface area contributed by atoms with E-state index < -0.39 is 37.1 Å². The number of carbonyl (C=O) groups excluding carboxylic acids is 1. The minimum Gasteiger partial charge on any atom is -0.349 e. The molecule has 1 aromatic carbocycles. The minimum absolute atomic E-state index is 0.101. The average molecular weight is 324 g/mol. The van der Waals surface area contributed by atoms with Crippen molar-refractivity contribution in [1.29, 1.82) is 0 Å². The maximum atomic E-state index is 13.6. The van der Waals surface area contributed by atoms with Crippen molar-refractivity contribution in [2.45, 2.75) is 30.7 Å². The van der Waals surface area contributed by atoms with Crippen LogP contribution in [0.5, 0.6) is 0 Å². The van der Waals surface area contributed by atoms with Gasteiger partial charge in [-0.1, -0.05) is 6.92 Å². The summed E-state index contributed by atoms with van der Waals surface area (Å²) in [6, 6.07) is 1.08. The minimum atomic E-state index is -4.24. The van der Waals surface area contributed by atoms with Gasteiger partial charge in [-0.05, 0) is 30.9 Å². The maximum absolute atomic E-state index is 13.6. The lowest BCUT2D eigenvalue weighted by Gasteiger charge is -2.33. The largest absolute Gasteiger partial charge is 0.349 e. The van der Waals surface area contributed by atoms with Gasteiger partial charge in [-0.3, -0.25) is 4.79 Å². The van der Waals surface area contributed by atoms with E-state index in [2.05, 4.69) is 5.32 Å². The summed E-state index contributed by atoms with van der Waals surface area (Å²) in [7, 11) is 0.833. The van der Waals surface area contributed by atoms with Gasteiger partial charge in [0, 0.05) is 16.7 Å². The lowest BCUT2D eigenvalue weighted by molar-refractivity contribution is 0.0890. The Balaban J connectivity index is 2.30. The Morgan fingerprint density at radius 2 is 1.95 bits per heavy atom. The first kappa shape index (κ1) is 15.2. The van der Waals surface area contributed by atoms with E-state index in [4.69, 9.17) is 10.7 Å². The molecule has 0 heterocycles. The van der Waals surface area contributed by atoms with Gasteiger partial charge in [0.2, 0.25) is 0 Å². The molecule has 1 amide bonds. The summed E-state index contributed by atoms with van der Waals surface area (Å²) in [4.78, 5) is 11.2. The highest BCUT2D eigenvalue weighted by molar-refractivity contribution is 8.13. The molecule has 0 aromatic heterocycles. The summed E-state index contributed by atoms with van der Waals surface area (Å²) in [6.45, 7) is 2.00. The molecule has 1 saturated carbocycles. The zero-order chi connectivity index (χ0) is 15.1. The van der Waals surface area contributed by atoms with Crippen LogP contribution in [0.1, 0.15) is 30.1 Å². The molecule has 0 bridgehead atoms. The molecule has 4 nitrogen and oxygen atoms in total. The van der Waals surface area contributed by atoms with E-state index >= 15 is 0 Å². The number of amides is 1. The van der Waals surface area contributed by atoms with Crippen LogP contribution in [-0.4, -0.2) is 20.4 Å². The van der Waals surface area contributed by atoms with Crippen molar-refractivity contribution >= 4 is 25.6 Å². The summed E-state index contributed by atoms with van der Waals surface area (Å²) < 4.78 is 49.2. The highest BCUT2D eigenvalue weighted by Gasteiger charge is 2.29. The van der Waals surface area contributed by atoms with E-state index in [1.165, 1.54) is 0 Å². The number of rotatable bonds is 3. The van der Waals surface area contributed by atoms with E-state index in [-0.39, 0.29) is 6.04 Å². The molecule has 0 spiro atoms. The third kappa shape index (κ3) is 3.09. The second-order valence-corrected chi connectivity index (χ2v) is 7.52. The van der Waals surface area contributed by atoms with Gasteiger partial charge >= 0.3 is 0 Å². The Labute approximate surface area is 119 Å². The topological polar surface area (TPSA) is 63.2 Å². The summed E-state index contributed by atoms with van der Waals surface area (Å²) in [6.07, 6.45) is 1.51. The fraction of sp³-hybridized carbons (Fsp3) is 0.417. The van der Waals surface area contributed by atoms with E-state index in [0.29, 0.717) is 12.0 Å². The molecule has 1 aliphatic rings. The molecule has 8 heteroatoms. The summed E-state index contributed by atoms with van der Waals surface area (Å²) in [5.74, 6) is -3.20. The van der Waals surface area contributed by atoms with Crippen LogP contribution in [0.2, 0.25) is 0 Å². The predicted octanol–water partition coefficient (Wildman–Crippen LogP) is 2.42. The number of nitrogens with one attached hydrogen (secondary N) is 1. The lowest BCUT2D eigenvalue weighted by atomic mass is 9.82. The Morgan fingerprint density at radius 1 is 1.35 bits per heavy atom. The number of halogens is 3. The van der Waals surface area contributed by atoms with Crippen LogP contribution in [0.3, 0.4) is 0 Å². The summed E-state index contributed by atoms with van der Waals surface area (Å²) in [5, 5.41) is 2.53. The van der Waals surface area contributed by atoms with Crippen molar-refractivity contribution < 1.29 is 22.0 Å². The fourth-order valence-corrected chi connectivity index (χ4v) is 2.92. The van der Waals surface area contributed by atoms with Crippen molar-refractivity contribution in [2.24, 2.45) is 5.92 Å². The highest BCUT2D eigenvalue weighted by Crippen LogP contribution is 2.27. The smallest absolute Gasteiger partial charge is 0.261 e. The Morgan fingerprint density at radius 3 is 2.45 bits per heavy atom. The number of carbonyl (C=O) groups is 1. The molecule has 0 aliphatic heterocycles. The predicted molar refractivity (Wildman–Crippen MR) is 69.0 cm³/mol. The van der Waals surface area contributed by atoms with Crippen molar-refractivity contribution in [3.05, 3.63) is 29.3 Å². The second-order valence-electron chi connectivity index (χ2n) is 4.95. The Hall–Kier alpha value is -1.21. The van der Waals surface area contributed by atoms with Crippen LogP contribution in [0.15, 0.2) is 17.0 Å². The van der Waals surface area contributed by atoms with Gasteiger partial charge in [0.15, 0.2) is 11.6 Å². The standard InChI is InChI=1S/C12H12ClF2NO3S/c1-6-2-7(3-6)16-12(17)9-4-8(20(13,18)19)5-10(14)11(9)15/h4-7H,2-3H2,1H3,(H,16,17). The van der Waals surface area contributed by atoms with Crippen LogP contribution >= 0.6 is 10.7 Å². The monoisotopic (exact) mass is 323 g/mol. The van der Waals surface area contributed by atoms with E-state index in [9.17, 15) is 22.0 Å². The van der Waals surface area contributed by atoms with Gasteiger partial charge in [-0.25, -0.2) is 17.2 Å². The van der Waals surface area contributed by atoms with Crippen molar-refractivity contribution in [3.63, 3.8) is 0 Å². The van der Waals surface area contributed by atoms with Crippen LogP contribution in [0.4, 0.5) is 8.78 Å². The molecular weight excluding hydrogens is 312 g/mol. The molecule has 0 unspecified atom stereocenters. The number of hydrogen-bond acceptors (Lipinski definition) is 3. The van der Waals surface area contributed by atoms with E-state index in [1.807, 2.05) is 6.92 Å². The van der Waals surface area contributed by atoms with Gasteiger partial charge in [0.25, 0.3) is 15.0 Å². The van der Waals surface area contributed by atoms with Crippen LogP contribution < -0.4 is 5.32 Å². The number of benzene rings is 1. The van der Waals surface area contributed by atoms with Gasteiger partial charge < -0.3 is 5.32 Å². The van der Waals surface area contributed by atoms with Gasteiger partial charge in [0.05, 0.1) is 10.5 Å². The van der Waals surface area contributed by atoms with E-state index in [1.54, 1.807) is 0 Å². The molecular formula is C12H12ClF2NO3S. The van der Waals surface area contributed by atoms with Crippen LogP contribution in [0.25, 0.3) is 0 Å². The number of hydrogen-bond donors (Lipinski definition) is 1. The fourth-order valence-electron chi connectivity index (χ4n) is 2.15. The van der Waals surface area contributed by atoms with Gasteiger partial charge in [-0.15, -0.1) is 0 Å². The van der Waals surface area contributed by atoms with Gasteiger partial charge in [-0.2, -0.15) is 0 Å². The van der Waals surface area contributed by atoms with E-state index in [0.717, 1.165) is 18.9 Å². The zero-order valence-corrected chi connectivity index (χ0v) is 12.1. The third-order valence-electron chi connectivity index (χ3n) is 3.24. The normalized spacial score (nSPS) is 22.2. The first-order valence-electron chi connectivity index (χ1n) is 5.93. The lowest BCUT2D eigenvalue weighted by Crippen LogP contribution is -2.43. The molecule has 1 aliphatic carbocycles.